The van der Waals surface area contributed by atoms with Crippen LogP contribution in [0.25, 0.3) is 0 Å². The number of rotatable bonds is 3. The van der Waals surface area contributed by atoms with E-state index in [0.717, 1.165) is 0 Å². The number of alkyl halides is 2. The molecule has 0 aliphatic carbocycles. The smallest absolute Gasteiger partial charge is 0.257 e. The number of likely N-dealkylation sites (tertiary alicyclic amines) is 1. The van der Waals surface area contributed by atoms with Crippen LogP contribution < -0.4 is 0 Å². The Morgan fingerprint density at radius 2 is 2.33 bits per heavy atom. The van der Waals surface area contributed by atoms with Crippen molar-refractivity contribution in [2.24, 2.45) is 5.92 Å². The van der Waals surface area contributed by atoms with Crippen molar-refractivity contribution in [1.29, 1.82) is 0 Å². The van der Waals surface area contributed by atoms with E-state index in [9.17, 15) is 13.6 Å². The molecule has 0 saturated carbocycles. The first-order valence-corrected chi connectivity index (χ1v) is 4.76. The second-order valence-electron chi connectivity index (χ2n) is 3.71. The zero-order chi connectivity index (χ0) is 10.8. The molecule has 82 valence electrons. The average molecular weight is 215 g/mol. The number of carbonyl (C=O) groups is 1. The molecule has 1 fully saturated rings. The first kappa shape index (κ1) is 10.1. The molecule has 0 spiro atoms. The highest BCUT2D eigenvalue weighted by Gasteiger charge is 2.33. The fourth-order valence-electron chi connectivity index (χ4n) is 1.71. The SMILES string of the molecule is O=C(c1ccoc1)N1CC(CC(F)F)C1. The molecule has 0 radical (unpaired) electrons. The van der Waals surface area contributed by atoms with E-state index < -0.39 is 6.43 Å². The summed E-state index contributed by atoms with van der Waals surface area (Å²) in [6.45, 7) is 0.850. The summed E-state index contributed by atoms with van der Waals surface area (Å²) in [5, 5.41) is 0. The highest BCUT2D eigenvalue weighted by molar-refractivity contribution is 5.94. The molecule has 0 atom stereocenters. The fraction of sp³-hybridized carbons (Fsp3) is 0.500. The van der Waals surface area contributed by atoms with Gasteiger partial charge in [0.1, 0.15) is 6.26 Å². The van der Waals surface area contributed by atoms with Gasteiger partial charge in [0, 0.05) is 19.5 Å². The largest absolute Gasteiger partial charge is 0.472 e. The van der Waals surface area contributed by atoms with E-state index in [4.69, 9.17) is 4.42 Å². The van der Waals surface area contributed by atoms with E-state index in [1.165, 1.54) is 12.5 Å². The summed E-state index contributed by atoms with van der Waals surface area (Å²) in [7, 11) is 0. The second-order valence-corrected chi connectivity index (χ2v) is 3.71. The molecule has 0 N–H and O–H groups in total. The van der Waals surface area contributed by atoms with Crippen LogP contribution in [0.5, 0.6) is 0 Å². The fourth-order valence-corrected chi connectivity index (χ4v) is 1.71. The lowest BCUT2D eigenvalue weighted by Crippen LogP contribution is -2.50. The lowest BCUT2D eigenvalue weighted by atomic mass is 9.96. The molecule has 1 amide bonds. The molecule has 0 aromatic carbocycles. The van der Waals surface area contributed by atoms with Crippen LogP contribution in [0.4, 0.5) is 8.78 Å². The standard InChI is InChI=1S/C10H11F2NO2/c11-9(12)3-7-4-13(5-7)10(14)8-1-2-15-6-8/h1-2,6-7,9H,3-5H2. The maximum absolute atomic E-state index is 12.0. The van der Waals surface area contributed by atoms with Gasteiger partial charge in [-0.3, -0.25) is 4.79 Å². The monoisotopic (exact) mass is 215 g/mol. The van der Waals surface area contributed by atoms with Gasteiger partial charge >= 0.3 is 0 Å². The van der Waals surface area contributed by atoms with E-state index in [1.54, 1.807) is 11.0 Å². The summed E-state index contributed by atoms with van der Waals surface area (Å²) in [5.74, 6) is -0.199. The zero-order valence-corrected chi connectivity index (χ0v) is 8.03. The number of hydrogen-bond donors (Lipinski definition) is 0. The molecular formula is C10H11F2NO2. The number of amides is 1. The summed E-state index contributed by atoms with van der Waals surface area (Å²) >= 11 is 0. The number of furan rings is 1. The summed E-state index contributed by atoms with van der Waals surface area (Å²) in [5.41, 5.74) is 0.477. The van der Waals surface area contributed by atoms with Crippen molar-refractivity contribution in [3.8, 4) is 0 Å². The Bertz CT molecular complexity index is 331. The van der Waals surface area contributed by atoms with Crippen LogP contribution >= 0.6 is 0 Å². The molecule has 2 rings (SSSR count). The Morgan fingerprint density at radius 3 is 2.87 bits per heavy atom. The molecule has 1 saturated heterocycles. The zero-order valence-electron chi connectivity index (χ0n) is 8.03. The molecule has 0 unspecified atom stereocenters. The van der Waals surface area contributed by atoms with Crippen molar-refractivity contribution >= 4 is 5.91 Å². The van der Waals surface area contributed by atoms with E-state index >= 15 is 0 Å². The Balaban J connectivity index is 1.82. The molecule has 5 heteroatoms. The Kier molecular flexibility index (Phi) is 2.70. The van der Waals surface area contributed by atoms with Gasteiger partial charge in [-0.2, -0.15) is 0 Å². The van der Waals surface area contributed by atoms with Gasteiger partial charge in [0.05, 0.1) is 11.8 Å². The topological polar surface area (TPSA) is 33.5 Å². The number of hydrogen-bond acceptors (Lipinski definition) is 2. The maximum Gasteiger partial charge on any atom is 0.257 e. The van der Waals surface area contributed by atoms with E-state index in [1.807, 2.05) is 0 Å². The van der Waals surface area contributed by atoms with Gasteiger partial charge in [0.15, 0.2) is 0 Å². The maximum atomic E-state index is 12.0. The number of carbonyl (C=O) groups excluding carboxylic acids is 1. The predicted molar refractivity (Wildman–Crippen MR) is 48.7 cm³/mol. The highest BCUT2D eigenvalue weighted by Crippen LogP contribution is 2.24. The third-order valence-electron chi connectivity index (χ3n) is 2.52. The van der Waals surface area contributed by atoms with Gasteiger partial charge in [0.25, 0.3) is 5.91 Å². The van der Waals surface area contributed by atoms with Crippen molar-refractivity contribution in [2.75, 3.05) is 13.1 Å². The molecule has 3 nitrogen and oxygen atoms in total. The van der Waals surface area contributed by atoms with Crippen molar-refractivity contribution < 1.29 is 18.0 Å². The van der Waals surface area contributed by atoms with Crippen molar-refractivity contribution in [3.63, 3.8) is 0 Å². The van der Waals surface area contributed by atoms with Gasteiger partial charge in [-0.05, 0) is 12.0 Å². The summed E-state index contributed by atoms with van der Waals surface area (Å²) in [6.07, 6.45) is 0.392. The molecule has 1 aliphatic heterocycles. The van der Waals surface area contributed by atoms with Gasteiger partial charge in [-0.15, -0.1) is 0 Å². The molecule has 1 aliphatic rings. The Labute approximate surface area is 85.7 Å². The van der Waals surface area contributed by atoms with Crippen LogP contribution in [0, 0.1) is 5.92 Å². The molecule has 15 heavy (non-hydrogen) atoms. The van der Waals surface area contributed by atoms with E-state index in [2.05, 4.69) is 0 Å². The molecule has 0 bridgehead atoms. The Hall–Kier alpha value is -1.39. The van der Waals surface area contributed by atoms with E-state index in [-0.39, 0.29) is 18.2 Å². The molecule has 1 aromatic rings. The van der Waals surface area contributed by atoms with Crippen molar-refractivity contribution in [1.82, 2.24) is 4.90 Å². The third kappa shape index (κ3) is 2.16. The third-order valence-corrected chi connectivity index (χ3v) is 2.52. The van der Waals surface area contributed by atoms with Crippen LogP contribution in [-0.4, -0.2) is 30.3 Å². The summed E-state index contributed by atoms with van der Waals surface area (Å²) in [4.78, 5) is 13.2. The Morgan fingerprint density at radius 1 is 1.60 bits per heavy atom. The lowest BCUT2D eigenvalue weighted by Gasteiger charge is -2.38. The van der Waals surface area contributed by atoms with Gasteiger partial charge in [-0.1, -0.05) is 0 Å². The average Bonchev–Trinajstić information content (AvgIpc) is 2.61. The highest BCUT2D eigenvalue weighted by atomic mass is 19.3. The summed E-state index contributed by atoms with van der Waals surface area (Å²) in [6, 6.07) is 1.57. The summed E-state index contributed by atoms with van der Waals surface area (Å²) < 4.78 is 28.8. The van der Waals surface area contributed by atoms with Gasteiger partial charge < -0.3 is 9.32 Å². The minimum atomic E-state index is -2.28. The van der Waals surface area contributed by atoms with Crippen LogP contribution in [0.15, 0.2) is 23.0 Å². The minimum absolute atomic E-state index is 0.0548. The minimum Gasteiger partial charge on any atom is -0.472 e. The molecular weight excluding hydrogens is 204 g/mol. The molecule has 1 aromatic heterocycles. The normalized spacial score (nSPS) is 16.9. The first-order chi connectivity index (χ1) is 7.16. The van der Waals surface area contributed by atoms with Crippen LogP contribution in [0.3, 0.4) is 0 Å². The van der Waals surface area contributed by atoms with Crippen LogP contribution in [-0.2, 0) is 0 Å². The lowest BCUT2D eigenvalue weighted by molar-refractivity contribution is 0.0280. The van der Waals surface area contributed by atoms with Crippen molar-refractivity contribution in [3.05, 3.63) is 24.2 Å². The van der Waals surface area contributed by atoms with Crippen molar-refractivity contribution in [2.45, 2.75) is 12.8 Å². The number of nitrogens with zero attached hydrogens (tertiary/aromatic N) is 1. The second kappa shape index (κ2) is 4.00. The number of halogens is 2. The predicted octanol–water partition coefficient (Wildman–Crippen LogP) is 2.01. The van der Waals surface area contributed by atoms with E-state index in [0.29, 0.717) is 18.7 Å². The van der Waals surface area contributed by atoms with Crippen LogP contribution in [0.2, 0.25) is 0 Å². The van der Waals surface area contributed by atoms with Gasteiger partial charge in [0.2, 0.25) is 6.43 Å². The molecule has 2 heterocycles. The van der Waals surface area contributed by atoms with Gasteiger partial charge in [-0.25, -0.2) is 8.78 Å². The first-order valence-electron chi connectivity index (χ1n) is 4.76. The van der Waals surface area contributed by atoms with Crippen LogP contribution in [0.1, 0.15) is 16.8 Å². The quantitative estimate of drug-likeness (QED) is 0.772.